The van der Waals surface area contributed by atoms with E-state index >= 15 is 0 Å². The number of nitrogens with zero attached hydrogens (tertiary/aromatic N) is 1. The van der Waals surface area contributed by atoms with Crippen molar-refractivity contribution in [1.29, 1.82) is 0 Å². The Hall–Kier alpha value is -1.19. The minimum absolute atomic E-state index is 0. The standard InChI is InChI=1S/C14H13ClNO.BrH/c1-11-6-8-16(9-7-11)10-14(17)12-2-4-13(15)5-3-12;/h2-9H,10H2,1H3;1H/q+1;. The Labute approximate surface area is 122 Å². The number of rotatable bonds is 3. The second-order valence-corrected chi connectivity index (χ2v) is 4.41. The second-order valence-electron chi connectivity index (χ2n) is 3.98. The number of Topliss-reactive ketones (excluding diaryl/α,β-unsaturated/α-hetero) is 1. The number of aryl methyl sites for hydroxylation is 1. The van der Waals surface area contributed by atoms with E-state index < -0.39 is 0 Å². The summed E-state index contributed by atoms with van der Waals surface area (Å²) in [4.78, 5) is 11.9. The lowest BCUT2D eigenvalue weighted by molar-refractivity contribution is -0.683. The molecule has 4 heteroatoms. The molecular formula is C14H14BrClNO+. The van der Waals surface area contributed by atoms with E-state index in [1.54, 1.807) is 24.3 Å². The molecule has 0 saturated heterocycles. The maximum absolute atomic E-state index is 11.9. The van der Waals surface area contributed by atoms with Gasteiger partial charge in [0.25, 0.3) is 0 Å². The molecule has 1 heterocycles. The summed E-state index contributed by atoms with van der Waals surface area (Å²) < 4.78 is 1.87. The Morgan fingerprint density at radius 1 is 1.11 bits per heavy atom. The molecule has 0 unspecified atom stereocenters. The van der Waals surface area contributed by atoms with E-state index in [0.29, 0.717) is 17.1 Å². The van der Waals surface area contributed by atoms with E-state index in [9.17, 15) is 4.79 Å². The summed E-state index contributed by atoms with van der Waals surface area (Å²) in [6, 6.07) is 10.9. The van der Waals surface area contributed by atoms with Crippen molar-refractivity contribution < 1.29 is 9.36 Å². The van der Waals surface area contributed by atoms with Gasteiger partial charge in [0.1, 0.15) is 0 Å². The van der Waals surface area contributed by atoms with Gasteiger partial charge in [-0.25, -0.2) is 0 Å². The van der Waals surface area contributed by atoms with Crippen molar-refractivity contribution in [2.24, 2.45) is 0 Å². The van der Waals surface area contributed by atoms with Crippen molar-refractivity contribution in [2.75, 3.05) is 0 Å². The van der Waals surface area contributed by atoms with E-state index in [1.807, 2.05) is 36.0 Å². The number of pyridine rings is 1. The van der Waals surface area contributed by atoms with Crippen molar-refractivity contribution in [1.82, 2.24) is 0 Å². The molecule has 0 aliphatic rings. The molecular weight excluding hydrogens is 314 g/mol. The van der Waals surface area contributed by atoms with Crippen LogP contribution >= 0.6 is 28.6 Å². The lowest BCUT2D eigenvalue weighted by Gasteiger charge is -1.98. The van der Waals surface area contributed by atoms with Crippen LogP contribution in [-0.4, -0.2) is 5.78 Å². The molecule has 18 heavy (non-hydrogen) atoms. The molecule has 2 rings (SSSR count). The second kappa shape index (κ2) is 6.66. The Kier molecular flexibility index (Phi) is 5.51. The summed E-state index contributed by atoms with van der Waals surface area (Å²) in [5, 5.41) is 0.643. The minimum atomic E-state index is 0. The molecule has 2 aromatic rings. The first kappa shape index (κ1) is 14.9. The Balaban J connectivity index is 0.00000162. The monoisotopic (exact) mass is 326 g/mol. The molecule has 0 amide bonds. The van der Waals surface area contributed by atoms with Gasteiger partial charge >= 0.3 is 0 Å². The highest BCUT2D eigenvalue weighted by Gasteiger charge is 2.11. The van der Waals surface area contributed by atoms with E-state index in [4.69, 9.17) is 11.6 Å². The fraction of sp³-hybridized carbons (Fsp3) is 0.143. The van der Waals surface area contributed by atoms with Gasteiger partial charge in [0.15, 0.2) is 12.4 Å². The number of carbonyl (C=O) groups is 1. The number of ketones is 1. The third kappa shape index (κ3) is 3.93. The van der Waals surface area contributed by atoms with Crippen LogP contribution in [0, 0.1) is 6.92 Å². The molecule has 0 spiro atoms. The van der Waals surface area contributed by atoms with E-state index in [0.717, 1.165) is 0 Å². The number of carbonyl (C=O) groups excluding carboxylic acids is 1. The predicted octanol–water partition coefficient (Wildman–Crippen LogP) is 3.40. The SMILES string of the molecule is Br.Cc1cc[n+](CC(=O)c2ccc(Cl)cc2)cc1. The highest BCUT2D eigenvalue weighted by atomic mass is 79.9. The van der Waals surface area contributed by atoms with Gasteiger partial charge < -0.3 is 0 Å². The average Bonchev–Trinajstić information content (AvgIpc) is 2.33. The number of hydrogen-bond acceptors (Lipinski definition) is 1. The van der Waals surface area contributed by atoms with Crippen molar-refractivity contribution in [3.05, 3.63) is 64.9 Å². The molecule has 0 N–H and O–H groups in total. The molecule has 0 fully saturated rings. The van der Waals surface area contributed by atoms with Gasteiger partial charge in [-0.15, -0.1) is 17.0 Å². The summed E-state index contributed by atoms with van der Waals surface area (Å²) in [5.41, 5.74) is 1.86. The van der Waals surface area contributed by atoms with E-state index in [-0.39, 0.29) is 22.8 Å². The fourth-order valence-corrected chi connectivity index (χ4v) is 1.66. The highest BCUT2D eigenvalue weighted by Crippen LogP contribution is 2.09. The van der Waals surface area contributed by atoms with E-state index in [2.05, 4.69) is 0 Å². The highest BCUT2D eigenvalue weighted by molar-refractivity contribution is 8.93. The Morgan fingerprint density at radius 2 is 1.67 bits per heavy atom. The zero-order valence-corrected chi connectivity index (χ0v) is 12.4. The summed E-state index contributed by atoms with van der Waals surface area (Å²) in [6.07, 6.45) is 3.81. The summed E-state index contributed by atoms with van der Waals surface area (Å²) >= 11 is 5.78. The summed E-state index contributed by atoms with van der Waals surface area (Å²) in [7, 11) is 0. The molecule has 2 nitrogen and oxygen atoms in total. The quantitative estimate of drug-likeness (QED) is 0.625. The van der Waals surface area contributed by atoms with Crippen LogP contribution in [0.15, 0.2) is 48.8 Å². The topological polar surface area (TPSA) is 20.9 Å². The van der Waals surface area contributed by atoms with Gasteiger partial charge in [-0.2, -0.15) is 4.57 Å². The minimum Gasteiger partial charge on any atom is -0.287 e. The molecule has 0 radical (unpaired) electrons. The first-order chi connectivity index (χ1) is 8.15. The molecule has 1 aromatic heterocycles. The summed E-state index contributed by atoms with van der Waals surface area (Å²) in [6.45, 7) is 2.37. The van der Waals surface area contributed by atoms with Crippen molar-refractivity contribution in [3.8, 4) is 0 Å². The van der Waals surface area contributed by atoms with Crippen molar-refractivity contribution in [3.63, 3.8) is 0 Å². The van der Waals surface area contributed by atoms with Crippen LogP contribution in [0.1, 0.15) is 15.9 Å². The number of benzene rings is 1. The van der Waals surface area contributed by atoms with Gasteiger partial charge in [0.05, 0.1) is 0 Å². The van der Waals surface area contributed by atoms with Crippen LogP contribution in [0.5, 0.6) is 0 Å². The van der Waals surface area contributed by atoms with Crippen LogP contribution in [0.3, 0.4) is 0 Å². The first-order valence-corrected chi connectivity index (χ1v) is 5.77. The third-order valence-corrected chi connectivity index (χ3v) is 2.80. The maximum Gasteiger partial charge on any atom is 0.227 e. The summed E-state index contributed by atoms with van der Waals surface area (Å²) in [5.74, 6) is 0.0792. The zero-order valence-electron chi connectivity index (χ0n) is 9.97. The first-order valence-electron chi connectivity index (χ1n) is 5.39. The lowest BCUT2D eigenvalue weighted by Crippen LogP contribution is -2.37. The molecule has 0 atom stereocenters. The Morgan fingerprint density at radius 3 is 2.22 bits per heavy atom. The van der Waals surface area contributed by atoms with Gasteiger partial charge in [0.2, 0.25) is 12.3 Å². The third-order valence-electron chi connectivity index (χ3n) is 2.55. The van der Waals surface area contributed by atoms with Crippen molar-refractivity contribution >= 4 is 34.4 Å². The van der Waals surface area contributed by atoms with Crippen molar-refractivity contribution in [2.45, 2.75) is 13.5 Å². The van der Waals surface area contributed by atoms with Gasteiger partial charge in [-0.05, 0) is 36.8 Å². The molecule has 0 aliphatic heterocycles. The fourth-order valence-electron chi connectivity index (χ4n) is 1.53. The van der Waals surface area contributed by atoms with Crippen LogP contribution in [0.25, 0.3) is 0 Å². The van der Waals surface area contributed by atoms with Crippen LogP contribution < -0.4 is 4.57 Å². The molecule has 1 aromatic carbocycles. The average molecular weight is 328 g/mol. The number of halogens is 2. The molecule has 0 saturated carbocycles. The molecule has 0 aliphatic carbocycles. The maximum atomic E-state index is 11.9. The van der Waals surface area contributed by atoms with Gasteiger partial charge in [-0.3, -0.25) is 4.79 Å². The normalized spacial score (nSPS) is 9.67. The van der Waals surface area contributed by atoms with Gasteiger partial charge in [-0.1, -0.05) is 11.6 Å². The van der Waals surface area contributed by atoms with Crippen LogP contribution in [0.2, 0.25) is 5.02 Å². The predicted molar refractivity (Wildman–Crippen MR) is 77.5 cm³/mol. The lowest BCUT2D eigenvalue weighted by atomic mass is 10.1. The van der Waals surface area contributed by atoms with Crippen LogP contribution in [0.4, 0.5) is 0 Å². The zero-order chi connectivity index (χ0) is 12.3. The molecule has 94 valence electrons. The largest absolute Gasteiger partial charge is 0.287 e. The smallest absolute Gasteiger partial charge is 0.227 e. The number of aromatic nitrogens is 1. The Bertz CT molecular complexity index is 522. The number of hydrogen-bond donors (Lipinski definition) is 0. The van der Waals surface area contributed by atoms with Crippen LogP contribution in [-0.2, 0) is 6.54 Å². The van der Waals surface area contributed by atoms with E-state index in [1.165, 1.54) is 5.56 Å². The van der Waals surface area contributed by atoms with Gasteiger partial charge in [0, 0.05) is 22.7 Å². The molecule has 0 bridgehead atoms.